The van der Waals surface area contributed by atoms with Crippen molar-refractivity contribution < 1.29 is 14.3 Å². The van der Waals surface area contributed by atoms with Crippen LogP contribution >= 0.6 is 0 Å². The predicted molar refractivity (Wildman–Crippen MR) is 62.2 cm³/mol. The van der Waals surface area contributed by atoms with Crippen molar-refractivity contribution in [2.24, 2.45) is 0 Å². The topological polar surface area (TPSA) is 68.3 Å². The maximum atomic E-state index is 11.7. The number of hydrogen-bond donors (Lipinski definition) is 1. The highest BCUT2D eigenvalue weighted by atomic mass is 16.5. The van der Waals surface area contributed by atoms with E-state index in [4.69, 9.17) is 4.74 Å². The van der Waals surface area contributed by atoms with Crippen molar-refractivity contribution in [3.05, 3.63) is 30.1 Å². The number of esters is 1. The fourth-order valence-electron chi connectivity index (χ4n) is 1.33. The largest absolute Gasteiger partial charge is 0.461 e. The lowest BCUT2D eigenvalue weighted by molar-refractivity contribution is -0.150. The Balaban J connectivity index is 2.66. The lowest BCUT2D eigenvalue weighted by Gasteiger charge is -2.16. The molecule has 92 valence electrons. The number of aromatic nitrogens is 1. The Morgan fingerprint density at radius 1 is 1.53 bits per heavy atom. The minimum Gasteiger partial charge on any atom is -0.461 e. The summed E-state index contributed by atoms with van der Waals surface area (Å²) < 4.78 is 5.05. The van der Waals surface area contributed by atoms with E-state index in [0.29, 0.717) is 12.8 Å². The number of rotatable bonds is 6. The average Bonchev–Trinajstić information content (AvgIpc) is 2.29. The van der Waals surface area contributed by atoms with Crippen LogP contribution in [0.1, 0.15) is 19.5 Å². The lowest BCUT2D eigenvalue weighted by atomic mass is 10.1. The van der Waals surface area contributed by atoms with E-state index in [1.54, 1.807) is 32.2 Å². The summed E-state index contributed by atoms with van der Waals surface area (Å²) in [6.07, 6.45) is 2.25. The molecule has 0 radical (unpaired) electrons. The summed E-state index contributed by atoms with van der Waals surface area (Å²) in [6.45, 7) is 3.52. The van der Waals surface area contributed by atoms with Crippen LogP contribution in [-0.2, 0) is 20.7 Å². The van der Waals surface area contributed by atoms with Crippen molar-refractivity contribution >= 4 is 12.4 Å². The van der Waals surface area contributed by atoms with Gasteiger partial charge in [-0.15, -0.1) is 0 Å². The fourth-order valence-corrected chi connectivity index (χ4v) is 1.33. The molecule has 0 spiro atoms. The van der Waals surface area contributed by atoms with Crippen molar-refractivity contribution in [1.29, 1.82) is 0 Å². The summed E-state index contributed by atoms with van der Waals surface area (Å²) in [5.41, 5.74) is 0.729. The summed E-state index contributed by atoms with van der Waals surface area (Å²) in [5, 5.41) is 2.44. The number of pyridine rings is 1. The number of nitrogens with one attached hydrogen (secondary N) is 1. The molecule has 1 atom stereocenters. The Bertz CT molecular complexity index is 365. The molecule has 5 nitrogen and oxygen atoms in total. The molecule has 0 aliphatic rings. The molecule has 0 aliphatic heterocycles. The maximum absolute atomic E-state index is 11.7. The van der Waals surface area contributed by atoms with E-state index in [2.05, 4.69) is 10.3 Å². The van der Waals surface area contributed by atoms with Crippen molar-refractivity contribution in [1.82, 2.24) is 10.3 Å². The molecule has 0 aliphatic carbocycles. The second-order valence-corrected chi connectivity index (χ2v) is 3.85. The van der Waals surface area contributed by atoms with Gasteiger partial charge in [0.1, 0.15) is 6.04 Å². The van der Waals surface area contributed by atoms with Crippen LogP contribution < -0.4 is 5.32 Å². The van der Waals surface area contributed by atoms with Crippen LogP contribution in [0.2, 0.25) is 0 Å². The Kier molecular flexibility index (Phi) is 5.13. The summed E-state index contributed by atoms with van der Waals surface area (Å²) in [4.78, 5) is 26.2. The highest BCUT2D eigenvalue weighted by Crippen LogP contribution is 2.02. The highest BCUT2D eigenvalue weighted by molar-refractivity contribution is 5.78. The smallest absolute Gasteiger partial charge is 0.329 e. The minimum absolute atomic E-state index is 0.206. The molecule has 5 heteroatoms. The minimum atomic E-state index is -0.690. The monoisotopic (exact) mass is 236 g/mol. The van der Waals surface area contributed by atoms with Gasteiger partial charge in [0.05, 0.1) is 6.10 Å². The van der Waals surface area contributed by atoms with E-state index in [0.717, 1.165) is 5.69 Å². The van der Waals surface area contributed by atoms with Crippen molar-refractivity contribution in [3.8, 4) is 0 Å². The first kappa shape index (κ1) is 13.2. The summed E-state index contributed by atoms with van der Waals surface area (Å²) in [7, 11) is 0. The molecule has 0 bridgehead atoms. The first-order valence-electron chi connectivity index (χ1n) is 5.43. The predicted octanol–water partition coefficient (Wildman–Crippen LogP) is 0.690. The van der Waals surface area contributed by atoms with Gasteiger partial charge in [-0.3, -0.25) is 9.78 Å². The van der Waals surface area contributed by atoms with E-state index in [1.807, 2.05) is 6.07 Å². The van der Waals surface area contributed by atoms with Gasteiger partial charge in [-0.1, -0.05) is 6.07 Å². The molecule has 1 N–H and O–H groups in total. The van der Waals surface area contributed by atoms with Crippen LogP contribution in [0.15, 0.2) is 24.4 Å². The molecule has 1 unspecified atom stereocenters. The zero-order valence-corrected chi connectivity index (χ0v) is 9.92. The Morgan fingerprint density at radius 2 is 2.29 bits per heavy atom. The van der Waals surface area contributed by atoms with Crippen LogP contribution in [0.4, 0.5) is 0 Å². The Hall–Kier alpha value is -1.91. The number of ether oxygens (including phenoxy) is 1. The molecule has 0 saturated carbocycles. The quantitative estimate of drug-likeness (QED) is 0.583. The second-order valence-electron chi connectivity index (χ2n) is 3.85. The Morgan fingerprint density at radius 3 is 2.82 bits per heavy atom. The van der Waals surface area contributed by atoms with Gasteiger partial charge in [-0.2, -0.15) is 0 Å². The summed E-state index contributed by atoms with van der Waals surface area (Å²) in [5.74, 6) is -0.447. The summed E-state index contributed by atoms with van der Waals surface area (Å²) >= 11 is 0. The van der Waals surface area contributed by atoms with Crippen LogP contribution in [0.5, 0.6) is 0 Å². The third-order valence-electron chi connectivity index (χ3n) is 2.05. The third kappa shape index (κ3) is 4.63. The SMILES string of the molecule is CC(C)OC(=O)C(Cc1ccccn1)NC=O. The molecule has 17 heavy (non-hydrogen) atoms. The summed E-state index contributed by atoms with van der Waals surface area (Å²) in [6, 6.07) is 4.72. The van der Waals surface area contributed by atoms with Crippen LogP contribution in [0.3, 0.4) is 0 Å². The normalized spacial score (nSPS) is 11.9. The van der Waals surface area contributed by atoms with Crippen LogP contribution in [0, 0.1) is 0 Å². The van der Waals surface area contributed by atoms with E-state index in [-0.39, 0.29) is 6.10 Å². The first-order valence-corrected chi connectivity index (χ1v) is 5.43. The Labute approximate surface area is 100 Å². The fraction of sp³-hybridized carbons (Fsp3) is 0.417. The highest BCUT2D eigenvalue weighted by Gasteiger charge is 2.21. The number of amides is 1. The number of hydrogen-bond acceptors (Lipinski definition) is 4. The zero-order valence-electron chi connectivity index (χ0n) is 9.92. The molecule has 1 aromatic heterocycles. The maximum Gasteiger partial charge on any atom is 0.329 e. The second kappa shape index (κ2) is 6.62. The van der Waals surface area contributed by atoms with E-state index >= 15 is 0 Å². The first-order chi connectivity index (χ1) is 8.13. The van der Waals surface area contributed by atoms with Gasteiger partial charge in [0, 0.05) is 18.3 Å². The average molecular weight is 236 g/mol. The van der Waals surface area contributed by atoms with Gasteiger partial charge in [-0.05, 0) is 26.0 Å². The van der Waals surface area contributed by atoms with Crippen molar-refractivity contribution in [2.75, 3.05) is 0 Å². The number of carbonyl (C=O) groups is 2. The van der Waals surface area contributed by atoms with Gasteiger partial charge in [0.15, 0.2) is 0 Å². The molecule has 1 amide bonds. The molecule has 0 fully saturated rings. The van der Waals surface area contributed by atoms with Gasteiger partial charge < -0.3 is 10.1 Å². The molecular weight excluding hydrogens is 220 g/mol. The lowest BCUT2D eigenvalue weighted by Crippen LogP contribution is -2.40. The van der Waals surface area contributed by atoms with E-state index < -0.39 is 12.0 Å². The standard InChI is InChI=1S/C12H16N2O3/c1-9(2)17-12(16)11(14-8-15)7-10-5-3-4-6-13-10/h3-6,8-9,11H,7H2,1-2H3,(H,14,15). The van der Waals surface area contributed by atoms with Gasteiger partial charge in [0.2, 0.25) is 6.41 Å². The van der Waals surface area contributed by atoms with Crippen LogP contribution in [0.25, 0.3) is 0 Å². The molecular formula is C12H16N2O3. The zero-order chi connectivity index (χ0) is 12.7. The number of nitrogens with zero attached hydrogens (tertiary/aromatic N) is 1. The molecule has 1 rings (SSSR count). The van der Waals surface area contributed by atoms with Crippen molar-refractivity contribution in [2.45, 2.75) is 32.4 Å². The van der Waals surface area contributed by atoms with Crippen LogP contribution in [-0.4, -0.2) is 29.5 Å². The molecule has 0 aromatic carbocycles. The van der Waals surface area contributed by atoms with E-state index in [1.165, 1.54) is 0 Å². The third-order valence-corrected chi connectivity index (χ3v) is 2.05. The van der Waals surface area contributed by atoms with Gasteiger partial charge in [-0.25, -0.2) is 4.79 Å². The molecule has 0 saturated heterocycles. The van der Waals surface area contributed by atoms with Crippen molar-refractivity contribution in [3.63, 3.8) is 0 Å². The number of carbonyl (C=O) groups excluding carboxylic acids is 2. The van der Waals surface area contributed by atoms with E-state index in [9.17, 15) is 9.59 Å². The molecule has 1 heterocycles. The molecule has 1 aromatic rings. The van der Waals surface area contributed by atoms with Gasteiger partial charge >= 0.3 is 5.97 Å². The van der Waals surface area contributed by atoms with Gasteiger partial charge in [0.25, 0.3) is 0 Å².